The summed E-state index contributed by atoms with van der Waals surface area (Å²) in [7, 11) is 0. The Balaban J connectivity index is 1.69. The smallest absolute Gasteiger partial charge is 0.228 e. The van der Waals surface area contributed by atoms with E-state index in [9.17, 15) is 4.79 Å². The van der Waals surface area contributed by atoms with Crippen molar-refractivity contribution >= 4 is 17.7 Å². The van der Waals surface area contributed by atoms with Gasteiger partial charge in [0.25, 0.3) is 0 Å². The molecule has 1 amide bonds. The van der Waals surface area contributed by atoms with Gasteiger partial charge in [0.05, 0.1) is 0 Å². The van der Waals surface area contributed by atoms with Gasteiger partial charge in [-0.05, 0) is 19.8 Å². The predicted octanol–water partition coefficient (Wildman–Crippen LogP) is 2.08. The van der Waals surface area contributed by atoms with E-state index in [1.165, 1.54) is 12.8 Å². The molecule has 3 heterocycles. The fourth-order valence-corrected chi connectivity index (χ4v) is 3.37. The number of aryl methyl sites for hydroxylation is 1. The van der Waals surface area contributed by atoms with Crippen LogP contribution in [-0.4, -0.2) is 60.0 Å². The number of piperazine rings is 1. The standard InChI is InChI=1S/C18H29N5O/c1-14-13-15(20-17(19-14)23-7-5-6-8-23)21-9-11-22(12-10-21)16(24)18(2,3)4/h13H,5-12H2,1-4H3. The van der Waals surface area contributed by atoms with Crippen molar-refractivity contribution in [3.63, 3.8) is 0 Å². The van der Waals surface area contributed by atoms with Crippen LogP contribution in [0, 0.1) is 12.3 Å². The molecule has 2 fully saturated rings. The van der Waals surface area contributed by atoms with Gasteiger partial charge in [0.2, 0.25) is 11.9 Å². The van der Waals surface area contributed by atoms with E-state index in [0.717, 1.165) is 56.7 Å². The number of carbonyl (C=O) groups is 1. The Bertz CT molecular complexity index is 596. The van der Waals surface area contributed by atoms with Crippen LogP contribution in [0.3, 0.4) is 0 Å². The van der Waals surface area contributed by atoms with E-state index in [2.05, 4.69) is 20.9 Å². The number of amides is 1. The van der Waals surface area contributed by atoms with Gasteiger partial charge in [0, 0.05) is 56.4 Å². The molecule has 0 radical (unpaired) electrons. The van der Waals surface area contributed by atoms with Crippen LogP contribution in [0.2, 0.25) is 0 Å². The van der Waals surface area contributed by atoms with Crippen LogP contribution in [0.5, 0.6) is 0 Å². The van der Waals surface area contributed by atoms with Gasteiger partial charge in [-0.15, -0.1) is 0 Å². The monoisotopic (exact) mass is 331 g/mol. The minimum atomic E-state index is -0.309. The second-order valence-electron chi connectivity index (χ2n) is 7.89. The third-order valence-corrected chi connectivity index (χ3v) is 4.75. The molecule has 0 atom stereocenters. The highest BCUT2D eigenvalue weighted by molar-refractivity contribution is 5.81. The molecule has 2 aliphatic rings. The van der Waals surface area contributed by atoms with E-state index >= 15 is 0 Å². The third-order valence-electron chi connectivity index (χ3n) is 4.75. The molecule has 0 spiro atoms. The molecular formula is C18H29N5O. The van der Waals surface area contributed by atoms with Crippen molar-refractivity contribution in [3.05, 3.63) is 11.8 Å². The second kappa shape index (κ2) is 6.57. The van der Waals surface area contributed by atoms with Gasteiger partial charge in [-0.3, -0.25) is 4.79 Å². The van der Waals surface area contributed by atoms with Crippen molar-refractivity contribution in [1.29, 1.82) is 0 Å². The van der Waals surface area contributed by atoms with Crippen molar-refractivity contribution in [2.45, 2.75) is 40.5 Å². The summed E-state index contributed by atoms with van der Waals surface area (Å²) in [5, 5.41) is 0. The first-order chi connectivity index (χ1) is 11.3. The quantitative estimate of drug-likeness (QED) is 0.830. The van der Waals surface area contributed by atoms with E-state index in [-0.39, 0.29) is 11.3 Å². The van der Waals surface area contributed by atoms with Crippen LogP contribution in [0.1, 0.15) is 39.3 Å². The third kappa shape index (κ3) is 3.62. The van der Waals surface area contributed by atoms with E-state index in [4.69, 9.17) is 4.98 Å². The Labute approximate surface area is 144 Å². The van der Waals surface area contributed by atoms with Crippen LogP contribution < -0.4 is 9.80 Å². The summed E-state index contributed by atoms with van der Waals surface area (Å²) in [5.41, 5.74) is 0.700. The highest BCUT2D eigenvalue weighted by Gasteiger charge is 2.30. The SMILES string of the molecule is Cc1cc(N2CCN(C(=O)C(C)(C)C)CC2)nc(N2CCCC2)n1. The Morgan fingerprint density at radius 2 is 1.58 bits per heavy atom. The zero-order valence-electron chi connectivity index (χ0n) is 15.4. The molecule has 132 valence electrons. The van der Waals surface area contributed by atoms with E-state index < -0.39 is 0 Å². The van der Waals surface area contributed by atoms with Gasteiger partial charge in [0.15, 0.2) is 0 Å². The normalized spacial score (nSPS) is 19.1. The Kier molecular flexibility index (Phi) is 4.65. The van der Waals surface area contributed by atoms with Gasteiger partial charge in [-0.25, -0.2) is 4.98 Å². The van der Waals surface area contributed by atoms with Gasteiger partial charge < -0.3 is 14.7 Å². The molecule has 0 bridgehead atoms. The zero-order valence-corrected chi connectivity index (χ0v) is 15.4. The lowest BCUT2D eigenvalue weighted by Crippen LogP contribution is -2.52. The fraction of sp³-hybridized carbons (Fsp3) is 0.722. The lowest BCUT2D eigenvalue weighted by Gasteiger charge is -2.38. The van der Waals surface area contributed by atoms with Crippen LogP contribution in [0.15, 0.2) is 6.07 Å². The predicted molar refractivity (Wildman–Crippen MR) is 96.5 cm³/mol. The number of rotatable bonds is 2. The number of carbonyl (C=O) groups excluding carboxylic acids is 1. The lowest BCUT2D eigenvalue weighted by molar-refractivity contribution is -0.139. The summed E-state index contributed by atoms with van der Waals surface area (Å²) in [6, 6.07) is 2.06. The topological polar surface area (TPSA) is 52.6 Å². The highest BCUT2D eigenvalue weighted by Crippen LogP contribution is 2.23. The second-order valence-corrected chi connectivity index (χ2v) is 7.89. The Morgan fingerprint density at radius 3 is 2.17 bits per heavy atom. The van der Waals surface area contributed by atoms with Crippen molar-refractivity contribution < 1.29 is 4.79 Å². The molecule has 1 aromatic heterocycles. The molecule has 6 heteroatoms. The van der Waals surface area contributed by atoms with E-state index in [1.807, 2.05) is 32.6 Å². The first-order valence-corrected chi connectivity index (χ1v) is 8.99. The molecule has 24 heavy (non-hydrogen) atoms. The number of hydrogen-bond donors (Lipinski definition) is 0. The van der Waals surface area contributed by atoms with Crippen LogP contribution in [-0.2, 0) is 4.79 Å². The Morgan fingerprint density at radius 1 is 0.958 bits per heavy atom. The number of hydrogen-bond acceptors (Lipinski definition) is 5. The molecule has 0 aliphatic carbocycles. The molecule has 0 N–H and O–H groups in total. The molecule has 2 aliphatic heterocycles. The van der Waals surface area contributed by atoms with Crippen molar-refractivity contribution in [3.8, 4) is 0 Å². The molecule has 2 saturated heterocycles. The number of nitrogens with zero attached hydrogens (tertiary/aromatic N) is 5. The summed E-state index contributed by atoms with van der Waals surface area (Å²) >= 11 is 0. The van der Waals surface area contributed by atoms with Crippen LogP contribution >= 0.6 is 0 Å². The van der Waals surface area contributed by atoms with Gasteiger partial charge in [-0.2, -0.15) is 4.98 Å². The molecule has 0 unspecified atom stereocenters. The van der Waals surface area contributed by atoms with Crippen LogP contribution in [0.4, 0.5) is 11.8 Å². The van der Waals surface area contributed by atoms with E-state index in [0.29, 0.717) is 0 Å². The number of anilines is 2. The molecular weight excluding hydrogens is 302 g/mol. The molecule has 1 aromatic rings. The molecule has 6 nitrogen and oxygen atoms in total. The van der Waals surface area contributed by atoms with Crippen molar-refractivity contribution in [2.24, 2.45) is 5.41 Å². The fourth-order valence-electron chi connectivity index (χ4n) is 3.37. The average Bonchev–Trinajstić information content (AvgIpc) is 3.07. The summed E-state index contributed by atoms with van der Waals surface area (Å²) < 4.78 is 0. The largest absolute Gasteiger partial charge is 0.353 e. The van der Waals surface area contributed by atoms with E-state index in [1.54, 1.807) is 0 Å². The molecule has 0 saturated carbocycles. The minimum Gasteiger partial charge on any atom is -0.353 e. The molecule has 3 rings (SSSR count). The highest BCUT2D eigenvalue weighted by atomic mass is 16.2. The summed E-state index contributed by atoms with van der Waals surface area (Å²) in [6.07, 6.45) is 2.44. The average molecular weight is 331 g/mol. The first kappa shape index (κ1) is 17.0. The van der Waals surface area contributed by atoms with Gasteiger partial charge in [0.1, 0.15) is 5.82 Å². The maximum atomic E-state index is 12.4. The van der Waals surface area contributed by atoms with Gasteiger partial charge >= 0.3 is 0 Å². The maximum absolute atomic E-state index is 12.4. The minimum absolute atomic E-state index is 0.235. The first-order valence-electron chi connectivity index (χ1n) is 8.99. The Hall–Kier alpha value is -1.85. The summed E-state index contributed by atoms with van der Waals surface area (Å²) in [6.45, 7) is 13.3. The van der Waals surface area contributed by atoms with Crippen molar-refractivity contribution in [2.75, 3.05) is 49.1 Å². The lowest BCUT2D eigenvalue weighted by atomic mass is 9.94. The van der Waals surface area contributed by atoms with Crippen molar-refractivity contribution in [1.82, 2.24) is 14.9 Å². The summed E-state index contributed by atoms with van der Waals surface area (Å²) in [5.74, 6) is 2.08. The number of aromatic nitrogens is 2. The van der Waals surface area contributed by atoms with Crippen LogP contribution in [0.25, 0.3) is 0 Å². The maximum Gasteiger partial charge on any atom is 0.228 e. The summed E-state index contributed by atoms with van der Waals surface area (Å²) in [4.78, 5) is 28.4. The zero-order chi connectivity index (χ0) is 17.3. The molecule has 0 aromatic carbocycles. The van der Waals surface area contributed by atoms with Gasteiger partial charge in [-0.1, -0.05) is 20.8 Å².